The third-order valence-corrected chi connectivity index (χ3v) is 2.27. The van der Waals surface area contributed by atoms with Gasteiger partial charge in [-0.3, -0.25) is 4.79 Å². The number of ether oxygens (including phenoxy) is 1. The van der Waals surface area contributed by atoms with Gasteiger partial charge in [0.25, 0.3) is 0 Å². The zero-order valence-corrected chi connectivity index (χ0v) is 8.69. The summed E-state index contributed by atoms with van der Waals surface area (Å²) in [5.41, 5.74) is 0.988. The Bertz CT molecular complexity index is 363. The molecule has 0 atom stereocenters. The van der Waals surface area contributed by atoms with E-state index in [2.05, 4.69) is 4.74 Å². The molecule has 2 nitrogen and oxygen atoms in total. The van der Waals surface area contributed by atoms with Crippen molar-refractivity contribution in [2.75, 3.05) is 7.11 Å². The zero-order chi connectivity index (χ0) is 10.7. The average Bonchev–Trinajstić information content (AvgIpc) is 2.18. The van der Waals surface area contributed by atoms with Crippen LogP contribution in [0.15, 0.2) is 12.1 Å². The van der Waals surface area contributed by atoms with Gasteiger partial charge < -0.3 is 4.74 Å². The largest absolute Gasteiger partial charge is 0.469 e. The maximum absolute atomic E-state index is 13.4. The fourth-order valence-electron chi connectivity index (χ4n) is 1.12. The SMILES string of the molecule is COC(=O)Cc1c(C)ccc(Cl)c1F. The van der Waals surface area contributed by atoms with Gasteiger partial charge in [0, 0.05) is 5.56 Å². The summed E-state index contributed by atoms with van der Waals surface area (Å²) in [6, 6.07) is 3.14. The second-order valence-corrected chi connectivity index (χ2v) is 3.32. The lowest BCUT2D eigenvalue weighted by atomic mass is 10.1. The lowest BCUT2D eigenvalue weighted by Gasteiger charge is -2.06. The van der Waals surface area contributed by atoms with Gasteiger partial charge in [0.15, 0.2) is 0 Å². The van der Waals surface area contributed by atoms with Gasteiger partial charge in [-0.2, -0.15) is 0 Å². The van der Waals surface area contributed by atoms with E-state index in [-0.39, 0.29) is 11.4 Å². The molecule has 0 fully saturated rings. The van der Waals surface area contributed by atoms with E-state index in [4.69, 9.17) is 11.6 Å². The molecule has 0 aliphatic carbocycles. The highest BCUT2D eigenvalue weighted by Gasteiger charge is 2.13. The van der Waals surface area contributed by atoms with Gasteiger partial charge in [0.1, 0.15) is 5.82 Å². The Morgan fingerprint density at radius 3 is 2.79 bits per heavy atom. The molecule has 0 saturated heterocycles. The Hall–Kier alpha value is -1.09. The van der Waals surface area contributed by atoms with Crippen LogP contribution in [0.3, 0.4) is 0 Å². The highest BCUT2D eigenvalue weighted by atomic mass is 35.5. The quantitative estimate of drug-likeness (QED) is 0.710. The first kappa shape index (κ1) is 11.0. The summed E-state index contributed by atoms with van der Waals surface area (Å²) in [4.78, 5) is 11.0. The fraction of sp³-hybridized carbons (Fsp3) is 0.300. The number of rotatable bonds is 2. The molecular weight excluding hydrogens is 207 g/mol. The Kier molecular flexibility index (Phi) is 3.47. The van der Waals surface area contributed by atoms with Crippen molar-refractivity contribution in [3.05, 3.63) is 34.1 Å². The standard InChI is InChI=1S/C10H10ClFO2/c1-6-3-4-8(11)10(12)7(6)5-9(13)14-2/h3-4H,5H2,1-2H3. The number of methoxy groups -OCH3 is 1. The predicted octanol–water partition coefficient (Wildman–Crippen LogP) is 2.50. The minimum absolute atomic E-state index is 0.0227. The normalized spacial score (nSPS) is 10.0. The van der Waals surface area contributed by atoms with Crippen LogP contribution in [0.1, 0.15) is 11.1 Å². The van der Waals surface area contributed by atoms with Gasteiger partial charge in [0.05, 0.1) is 18.6 Å². The molecule has 1 aromatic carbocycles. The van der Waals surface area contributed by atoms with E-state index in [9.17, 15) is 9.18 Å². The average molecular weight is 217 g/mol. The Morgan fingerprint density at radius 2 is 2.21 bits per heavy atom. The van der Waals surface area contributed by atoms with Crippen LogP contribution in [0.4, 0.5) is 4.39 Å². The lowest BCUT2D eigenvalue weighted by molar-refractivity contribution is -0.139. The minimum Gasteiger partial charge on any atom is -0.469 e. The first-order valence-corrected chi connectivity index (χ1v) is 4.44. The van der Waals surface area contributed by atoms with E-state index in [1.54, 1.807) is 13.0 Å². The minimum atomic E-state index is -0.544. The first-order chi connectivity index (χ1) is 6.56. The van der Waals surface area contributed by atoms with Crippen molar-refractivity contribution in [1.29, 1.82) is 0 Å². The van der Waals surface area contributed by atoms with E-state index in [1.807, 2.05) is 0 Å². The Balaban J connectivity index is 3.06. The van der Waals surface area contributed by atoms with Crippen molar-refractivity contribution in [2.45, 2.75) is 13.3 Å². The smallest absolute Gasteiger partial charge is 0.310 e. The summed E-state index contributed by atoms with van der Waals surface area (Å²) in [5, 5.41) is 0.0227. The second-order valence-electron chi connectivity index (χ2n) is 2.91. The van der Waals surface area contributed by atoms with E-state index in [0.29, 0.717) is 11.1 Å². The van der Waals surface area contributed by atoms with Crippen molar-refractivity contribution in [3.8, 4) is 0 Å². The van der Waals surface area contributed by atoms with Crippen LogP contribution >= 0.6 is 11.6 Å². The molecule has 0 bridgehead atoms. The molecule has 4 heteroatoms. The van der Waals surface area contributed by atoms with Crippen molar-refractivity contribution in [3.63, 3.8) is 0 Å². The number of hydrogen-bond donors (Lipinski definition) is 0. The molecule has 0 radical (unpaired) electrons. The number of aryl methyl sites for hydroxylation is 1. The molecule has 0 N–H and O–H groups in total. The van der Waals surface area contributed by atoms with Crippen LogP contribution < -0.4 is 0 Å². The third-order valence-electron chi connectivity index (χ3n) is 1.98. The van der Waals surface area contributed by atoms with Crippen LogP contribution in [-0.4, -0.2) is 13.1 Å². The number of esters is 1. The van der Waals surface area contributed by atoms with E-state index >= 15 is 0 Å². The van der Waals surface area contributed by atoms with E-state index in [0.717, 1.165) is 0 Å². The fourth-order valence-corrected chi connectivity index (χ4v) is 1.30. The van der Waals surface area contributed by atoms with Crippen molar-refractivity contribution >= 4 is 17.6 Å². The van der Waals surface area contributed by atoms with Gasteiger partial charge in [-0.25, -0.2) is 4.39 Å². The monoisotopic (exact) mass is 216 g/mol. The van der Waals surface area contributed by atoms with Gasteiger partial charge in [-0.1, -0.05) is 17.7 Å². The summed E-state index contributed by atoms with van der Waals surface area (Å²) in [6.07, 6.45) is -0.0886. The summed E-state index contributed by atoms with van der Waals surface area (Å²) in [7, 11) is 1.26. The summed E-state index contributed by atoms with van der Waals surface area (Å²) < 4.78 is 17.9. The highest BCUT2D eigenvalue weighted by Crippen LogP contribution is 2.22. The molecule has 0 heterocycles. The second kappa shape index (κ2) is 4.42. The maximum Gasteiger partial charge on any atom is 0.310 e. The van der Waals surface area contributed by atoms with Crippen molar-refractivity contribution < 1.29 is 13.9 Å². The molecule has 14 heavy (non-hydrogen) atoms. The molecule has 0 aliphatic rings. The van der Waals surface area contributed by atoms with Gasteiger partial charge in [0.2, 0.25) is 0 Å². The number of carbonyl (C=O) groups is 1. The van der Waals surface area contributed by atoms with Crippen LogP contribution in [0.25, 0.3) is 0 Å². The number of carbonyl (C=O) groups excluding carboxylic acids is 1. The molecule has 0 aromatic heterocycles. The van der Waals surface area contributed by atoms with Gasteiger partial charge >= 0.3 is 5.97 Å². The van der Waals surface area contributed by atoms with Crippen LogP contribution in [0.5, 0.6) is 0 Å². The van der Waals surface area contributed by atoms with Crippen LogP contribution in [0, 0.1) is 12.7 Å². The summed E-state index contributed by atoms with van der Waals surface area (Å²) in [6.45, 7) is 1.72. The van der Waals surface area contributed by atoms with E-state index < -0.39 is 11.8 Å². The van der Waals surface area contributed by atoms with Crippen LogP contribution in [0.2, 0.25) is 5.02 Å². The maximum atomic E-state index is 13.4. The lowest BCUT2D eigenvalue weighted by Crippen LogP contribution is -2.08. The van der Waals surface area contributed by atoms with Gasteiger partial charge in [-0.05, 0) is 18.6 Å². The number of benzene rings is 1. The topological polar surface area (TPSA) is 26.3 Å². The first-order valence-electron chi connectivity index (χ1n) is 4.06. The number of hydrogen-bond acceptors (Lipinski definition) is 2. The molecule has 0 saturated carbocycles. The summed E-state index contributed by atoms with van der Waals surface area (Å²) in [5.74, 6) is -1.02. The molecular formula is C10H10ClFO2. The Morgan fingerprint density at radius 1 is 1.57 bits per heavy atom. The van der Waals surface area contributed by atoms with Gasteiger partial charge in [-0.15, -0.1) is 0 Å². The molecule has 1 aromatic rings. The molecule has 76 valence electrons. The van der Waals surface area contributed by atoms with E-state index in [1.165, 1.54) is 13.2 Å². The molecule has 1 rings (SSSR count). The third kappa shape index (κ3) is 2.23. The zero-order valence-electron chi connectivity index (χ0n) is 7.93. The molecule has 0 spiro atoms. The molecule has 0 amide bonds. The number of halogens is 2. The Labute approximate surface area is 86.6 Å². The van der Waals surface area contributed by atoms with Crippen molar-refractivity contribution in [2.24, 2.45) is 0 Å². The summed E-state index contributed by atoms with van der Waals surface area (Å²) >= 11 is 5.59. The van der Waals surface area contributed by atoms with Crippen molar-refractivity contribution in [1.82, 2.24) is 0 Å². The predicted molar refractivity (Wildman–Crippen MR) is 51.9 cm³/mol. The highest BCUT2D eigenvalue weighted by molar-refractivity contribution is 6.30. The molecule has 0 aliphatic heterocycles. The molecule has 0 unspecified atom stereocenters. The van der Waals surface area contributed by atoms with Crippen LogP contribution in [-0.2, 0) is 16.0 Å².